The van der Waals surface area contributed by atoms with Gasteiger partial charge in [-0.2, -0.15) is 4.31 Å². The molecule has 4 rings (SSSR count). The SMILES string of the molecule is Cc1ncccc1C(=O)N1Cc2cc(CN(C3CC3)S(C)(=O)=O)ccc2OC[C@@H]1C. The summed E-state index contributed by atoms with van der Waals surface area (Å²) in [5.41, 5.74) is 3.06. The fourth-order valence-corrected chi connectivity index (χ4v) is 4.97. The average Bonchev–Trinajstić information content (AvgIpc) is 3.53. The van der Waals surface area contributed by atoms with Crippen molar-refractivity contribution in [3.8, 4) is 5.75 Å². The molecule has 1 aliphatic carbocycles. The molecule has 2 heterocycles. The molecule has 160 valence electrons. The molecule has 7 nitrogen and oxygen atoms in total. The molecule has 0 bridgehead atoms. The number of hydrogen-bond acceptors (Lipinski definition) is 5. The minimum atomic E-state index is -3.27. The Labute approximate surface area is 177 Å². The summed E-state index contributed by atoms with van der Waals surface area (Å²) in [5.74, 6) is 0.659. The quantitative estimate of drug-likeness (QED) is 0.730. The lowest BCUT2D eigenvalue weighted by Crippen LogP contribution is -2.40. The van der Waals surface area contributed by atoms with Crippen molar-refractivity contribution >= 4 is 15.9 Å². The Hall–Kier alpha value is -2.45. The van der Waals surface area contributed by atoms with Crippen LogP contribution in [0.3, 0.4) is 0 Å². The van der Waals surface area contributed by atoms with Gasteiger partial charge in [-0.15, -0.1) is 0 Å². The van der Waals surface area contributed by atoms with Gasteiger partial charge in [0.25, 0.3) is 5.91 Å². The summed E-state index contributed by atoms with van der Waals surface area (Å²) in [6.45, 7) is 4.93. The van der Waals surface area contributed by atoms with Crippen LogP contribution in [0.1, 0.15) is 46.9 Å². The van der Waals surface area contributed by atoms with Gasteiger partial charge in [0.15, 0.2) is 0 Å². The van der Waals surface area contributed by atoms with Crippen molar-refractivity contribution in [2.45, 2.75) is 51.9 Å². The zero-order valence-electron chi connectivity index (χ0n) is 17.5. The zero-order chi connectivity index (χ0) is 21.5. The van der Waals surface area contributed by atoms with E-state index in [1.165, 1.54) is 6.26 Å². The minimum absolute atomic E-state index is 0.0781. The summed E-state index contributed by atoms with van der Waals surface area (Å²) in [6.07, 6.45) is 4.75. The number of nitrogens with zero attached hydrogens (tertiary/aromatic N) is 3. The van der Waals surface area contributed by atoms with Gasteiger partial charge in [0.2, 0.25) is 10.0 Å². The third-order valence-corrected chi connectivity index (χ3v) is 6.97. The summed E-state index contributed by atoms with van der Waals surface area (Å²) >= 11 is 0. The first-order valence-electron chi connectivity index (χ1n) is 10.2. The Kier molecular flexibility index (Phi) is 5.55. The van der Waals surface area contributed by atoms with Crippen LogP contribution in [-0.4, -0.2) is 53.5 Å². The topological polar surface area (TPSA) is 79.8 Å². The zero-order valence-corrected chi connectivity index (χ0v) is 18.4. The molecule has 0 unspecified atom stereocenters. The highest BCUT2D eigenvalue weighted by molar-refractivity contribution is 7.88. The Morgan fingerprint density at radius 1 is 1.30 bits per heavy atom. The number of carbonyl (C=O) groups is 1. The highest BCUT2D eigenvalue weighted by Gasteiger charge is 2.35. The molecule has 0 spiro atoms. The van der Waals surface area contributed by atoms with Crippen LogP contribution in [-0.2, 0) is 23.1 Å². The average molecular weight is 430 g/mol. The molecule has 30 heavy (non-hydrogen) atoms. The Morgan fingerprint density at radius 2 is 2.07 bits per heavy atom. The van der Waals surface area contributed by atoms with Crippen LogP contribution in [0.5, 0.6) is 5.75 Å². The third-order valence-electron chi connectivity index (χ3n) is 5.69. The molecule has 1 aromatic heterocycles. The summed E-state index contributed by atoms with van der Waals surface area (Å²) in [6, 6.07) is 9.31. The number of pyridine rings is 1. The molecule has 1 saturated carbocycles. The normalized spacial score (nSPS) is 19.2. The van der Waals surface area contributed by atoms with Crippen LogP contribution in [0.2, 0.25) is 0 Å². The van der Waals surface area contributed by atoms with Gasteiger partial charge in [0.05, 0.1) is 24.4 Å². The maximum Gasteiger partial charge on any atom is 0.256 e. The number of aromatic nitrogens is 1. The van der Waals surface area contributed by atoms with Crippen LogP contribution < -0.4 is 4.74 Å². The number of rotatable bonds is 5. The molecule has 2 aromatic rings. The lowest BCUT2D eigenvalue weighted by atomic mass is 10.1. The number of ether oxygens (including phenoxy) is 1. The van der Waals surface area contributed by atoms with Crippen molar-refractivity contribution in [3.63, 3.8) is 0 Å². The van der Waals surface area contributed by atoms with Crippen molar-refractivity contribution < 1.29 is 17.9 Å². The summed E-state index contributed by atoms with van der Waals surface area (Å²) < 4.78 is 31.9. The van der Waals surface area contributed by atoms with E-state index in [9.17, 15) is 13.2 Å². The van der Waals surface area contributed by atoms with E-state index in [1.807, 2.05) is 32.0 Å². The number of sulfonamides is 1. The van der Waals surface area contributed by atoms with Gasteiger partial charge in [-0.25, -0.2) is 8.42 Å². The predicted octanol–water partition coefficient (Wildman–Crippen LogP) is 2.74. The van der Waals surface area contributed by atoms with Crippen LogP contribution >= 0.6 is 0 Å². The van der Waals surface area contributed by atoms with E-state index >= 15 is 0 Å². The van der Waals surface area contributed by atoms with E-state index in [-0.39, 0.29) is 18.0 Å². The van der Waals surface area contributed by atoms with Crippen LogP contribution in [0, 0.1) is 6.92 Å². The van der Waals surface area contributed by atoms with E-state index < -0.39 is 10.0 Å². The van der Waals surface area contributed by atoms with Crippen LogP contribution in [0.4, 0.5) is 0 Å². The van der Waals surface area contributed by atoms with Gasteiger partial charge in [0, 0.05) is 30.0 Å². The number of fused-ring (bicyclic) bond motifs is 1. The predicted molar refractivity (Wildman–Crippen MR) is 114 cm³/mol. The maximum atomic E-state index is 13.2. The number of aryl methyl sites for hydroxylation is 1. The van der Waals surface area contributed by atoms with Crippen molar-refractivity contribution in [3.05, 3.63) is 58.9 Å². The fourth-order valence-electron chi connectivity index (χ4n) is 3.83. The fraction of sp³-hybridized carbons (Fsp3) is 0.455. The highest BCUT2D eigenvalue weighted by atomic mass is 32.2. The molecular formula is C22H27N3O4S. The van der Waals surface area contributed by atoms with Crippen molar-refractivity contribution in [1.82, 2.24) is 14.2 Å². The van der Waals surface area contributed by atoms with Gasteiger partial charge in [-0.1, -0.05) is 6.07 Å². The first-order valence-corrected chi connectivity index (χ1v) is 12.0. The van der Waals surface area contributed by atoms with Gasteiger partial charge in [-0.3, -0.25) is 9.78 Å². The second kappa shape index (κ2) is 8.00. The minimum Gasteiger partial charge on any atom is -0.491 e. The van der Waals surface area contributed by atoms with Crippen molar-refractivity contribution in [1.29, 1.82) is 0 Å². The van der Waals surface area contributed by atoms with Gasteiger partial charge in [-0.05, 0) is 56.5 Å². The van der Waals surface area contributed by atoms with E-state index in [1.54, 1.807) is 27.5 Å². The molecule has 2 aliphatic rings. The Morgan fingerprint density at radius 3 is 2.73 bits per heavy atom. The summed E-state index contributed by atoms with van der Waals surface area (Å²) in [7, 11) is -3.27. The van der Waals surface area contributed by atoms with Gasteiger partial charge >= 0.3 is 0 Å². The summed E-state index contributed by atoms with van der Waals surface area (Å²) in [4.78, 5) is 19.3. The monoisotopic (exact) mass is 429 g/mol. The molecule has 8 heteroatoms. The molecule has 1 amide bonds. The number of amides is 1. The maximum absolute atomic E-state index is 13.2. The molecule has 1 aromatic carbocycles. The molecule has 1 atom stereocenters. The Balaban J connectivity index is 1.61. The molecule has 1 fully saturated rings. The molecular weight excluding hydrogens is 402 g/mol. The van der Waals surface area contributed by atoms with E-state index in [4.69, 9.17) is 4.74 Å². The molecule has 0 radical (unpaired) electrons. The van der Waals surface area contributed by atoms with E-state index in [0.29, 0.717) is 31.0 Å². The first-order chi connectivity index (χ1) is 14.2. The smallest absolute Gasteiger partial charge is 0.256 e. The molecule has 1 aliphatic heterocycles. The Bertz CT molecular complexity index is 1070. The van der Waals surface area contributed by atoms with Gasteiger partial charge < -0.3 is 9.64 Å². The lowest BCUT2D eigenvalue weighted by Gasteiger charge is -2.27. The second-order valence-electron chi connectivity index (χ2n) is 8.21. The largest absolute Gasteiger partial charge is 0.491 e. The lowest BCUT2D eigenvalue weighted by molar-refractivity contribution is 0.0644. The van der Waals surface area contributed by atoms with Crippen LogP contribution in [0.25, 0.3) is 0 Å². The third kappa shape index (κ3) is 4.34. The standard InChI is InChI=1S/C22H27N3O4S/c1-15-14-29-21-9-6-17(12-25(19-7-8-19)30(3,27)28)11-18(21)13-24(15)22(26)20-5-4-10-23-16(20)2/h4-6,9-11,15,19H,7-8,12-14H2,1-3H3/t15-/m0/s1. The molecule has 0 N–H and O–H groups in total. The number of carbonyl (C=O) groups excluding carboxylic acids is 1. The van der Waals surface area contributed by atoms with E-state index in [2.05, 4.69) is 4.98 Å². The van der Waals surface area contributed by atoms with Crippen molar-refractivity contribution in [2.75, 3.05) is 12.9 Å². The van der Waals surface area contributed by atoms with Gasteiger partial charge in [0.1, 0.15) is 12.4 Å². The number of benzene rings is 1. The molecule has 0 saturated heterocycles. The summed E-state index contributed by atoms with van der Waals surface area (Å²) in [5, 5.41) is 0. The second-order valence-corrected chi connectivity index (χ2v) is 10.1. The van der Waals surface area contributed by atoms with Crippen molar-refractivity contribution in [2.24, 2.45) is 0 Å². The van der Waals surface area contributed by atoms with Crippen LogP contribution in [0.15, 0.2) is 36.5 Å². The number of hydrogen-bond donors (Lipinski definition) is 0. The first kappa shape index (κ1) is 20.8. The van der Waals surface area contributed by atoms with E-state index in [0.717, 1.165) is 29.7 Å². The highest BCUT2D eigenvalue weighted by Crippen LogP contribution is 2.32.